The molecule has 0 aliphatic carbocycles. The molecule has 2 heterocycles. The van der Waals surface area contributed by atoms with Gasteiger partial charge in [0.25, 0.3) is 11.5 Å². The number of anilines is 1. The maximum Gasteiger partial charge on any atom is 0.260 e. The molecule has 0 unspecified atom stereocenters. The lowest BCUT2D eigenvalue weighted by Gasteiger charge is -2.36. The van der Waals surface area contributed by atoms with Crippen LogP contribution in [0.15, 0.2) is 59.4 Å². The number of carbonyl (C=O) groups is 1. The van der Waals surface area contributed by atoms with E-state index in [0.29, 0.717) is 23.9 Å². The van der Waals surface area contributed by atoms with Gasteiger partial charge in [-0.3, -0.25) is 9.59 Å². The van der Waals surface area contributed by atoms with Crippen molar-refractivity contribution in [2.75, 3.05) is 37.7 Å². The average Bonchev–Trinajstić information content (AvgIpc) is 2.75. The van der Waals surface area contributed by atoms with Crippen LogP contribution in [0.5, 0.6) is 5.75 Å². The molecule has 0 radical (unpaired) electrons. The van der Waals surface area contributed by atoms with Gasteiger partial charge in [-0.05, 0) is 30.3 Å². The minimum Gasteiger partial charge on any atom is -0.483 e. The van der Waals surface area contributed by atoms with Crippen molar-refractivity contribution in [1.29, 1.82) is 0 Å². The molecule has 1 aromatic heterocycles. The number of aryl methyl sites for hydroxylation is 1. The molecule has 1 saturated heterocycles. The molecule has 2 aromatic carbocycles. The molecular weight excluding hydrogens is 390 g/mol. The summed E-state index contributed by atoms with van der Waals surface area (Å²) in [5, 5.41) is 1.52. The summed E-state index contributed by atoms with van der Waals surface area (Å²) in [6, 6.07) is 16.7. The number of amides is 1. The third-order valence-electron chi connectivity index (χ3n) is 5.27. The Morgan fingerprint density at radius 3 is 2.55 bits per heavy atom. The van der Waals surface area contributed by atoms with E-state index in [1.165, 1.54) is 6.07 Å². The van der Waals surface area contributed by atoms with Crippen LogP contribution in [0.3, 0.4) is 0 Å². The Bertz CT molecular complexity index is 1100. The first-order valence-electron chi connectivity index (χ1n) is 9.53. The molecule has 0 atom stereocenters. The lowest BCUT2D eigenvalue weighted by molar-refractivity contribution is -0.133. The number of halogens is 1. The fourth-order valence-corrected chi connectivity index (χ4v) is 3.80. The van der Waals surface area contributed by atoms with Crippen LogP contribution in [-0.2, 0) is 11.8 Å². The van der Waals surface area contributed by atoms with E-state index in [4.69, 9.17) is 16.3 Å². The van der Waals surface area contributed by atoms with Crippen molar-refractivity contribution in [2.24, 2.45) is 7.05 Å². The van der Waals surface area contributed by atoms with Gasteiger partial charge < -0.3 is 19.1 Å². The maximum atomic E-state index is 12.6. The van der Waals surface area contributed by atoms with Crippen LogP contribution in [-0.4, -0.2) is 48.2 Å². The summed E-state index contributed by atoms with van der Waals surface area (Å²) in [6.07, 6.45) is 0. The van der Waals surface area contributed by atoms with Gasteiger partial charge in [0, 0.05) is 55.4 Å². The molecule has 29 heavy (non-hydrogen) atoms. The second kappa shape index (κ2) is 8.17. The summed E-state index contributed by atoms with van der Waals surface area (Å²) in [4.78, 5) is 28.8. The predicted molar refractivity (Wildman–Crippen MR) is 115 cm³/mol. The van der Waals surface area contributed by atoms with Crippen LogP contribution in [0, 0.1) is 0 Å². The summed E-state index contributed by atoms with van der Waals surface area (Å²) in [7, 11) is 1.72. The van der Waals surface area contributed by atoms with E-state index in [9.17, 15) is 9.59 Å². The summed E-state index contributed by atoms with van der Waals surface area (Å²) in [5.74, 6) is 0.357. The fourth-order valence-electron chi connectivity index (χ4n) is 3.62. The standard InChI is InChI=1S/C22H22ClN3O3/c1-24-19-8-3-2-7-18(19)20(14-21(24)27)29-15-22(28)26-11-9-25(10-12-26)17-6-4-5-16(23)13-17/h2-8,13-14H,9-12,15H2,1H3. The molecule has 1 aliphatic heterocycles. The van der Waals surface area contributed by atoms with Crippen LogP contribution < -0.4 is 15.2 Å². The number of nitrogens with zero attached hydrogens (tertiary/aromatic N) is 3. The largest absolute Gasteiger partial charge is 0.483 e. The number of ether oxygens (including phenoxy) is 1. The number of para-hydroxylation sites is 1. The molecule has 0 spiro atoms. The quantitative estimate of drug-likeness (QED) is 0.662. The normalized spacial score (nSPS) is 14.3. The first kappa shape index (κ1) is 19.3. The number of hydrogen-bond donors (Lipinski definition) is 0. The zero-order valence-corrected chi connectivity index (χ0v) is 16.9. The minimum atomic E-state index is -0.165. The molecule has 3 aromatic rings. The number of hydrogen-bond acceptors (Lipinski definition) is 4. The Kier molecular flexibility index (Phi) is 5.45. The van der Waals surface area contributed by atoms with Crippen LogP contribution in [0.2, 0.25) is 5.02 Å². The van der Waals surface area contributed by atoms with E-state index >= 15 is 0 Å². The highest BCUT2D eigenvalue weighted by molar-refractivity contribution is 6.30. The van der Waals surface area contributed by atoms with Gasteiger partial charge in [0.15, 0.2) is 6.61 Å². The van der Waals surface area contributed by atoms with Crippen molar-refractivity contribution in [3.63, 3.8) is 0 Å². The molecule has 1 fully saturated rings. The van der Waals surface area contributed by atoms with Gasteiger partial charge in [-0.25, -0.2) is 0 Å². The first-order chi connectivity index (χ1) is 14.0. The van der Waals surface area contributed by atoms with E-state index in [1.807, 2.05) is 48.5 Å². The van der Waals surface area contributed by atoms with E-state index in [-0.39, 0.29) is 18.1 Å². The van der Waals surface area contributed by atoms with Crippen molar-refractivity contribution in [3.8, 4) is 5.75 Å². The van der Waals surface area contributed by atoms with E-state index in [0.717, 1.165) is 29.7 Å². The molecule has 150 valence electrons. The van der Waals surface area contributed by atoms with Gasteiger partial charge in [0.2, 0.25) is 0 Å². The third kappa shape index (κ3) is 4.07. The summed E-state index contributed by atoms with van der Waals surface area (Å²) >= 11 is 6.07. The second-order valence-corrected chi connectivity index (χ2v) is 7.50. The summed E-state index contributed by atoms with van der Waals surface area (Å²) in [6.45, 7) is 2.62. The van der Waals surface area contributed by atoms with Gasteiger partial charge in [0.05, 0.1) is 5.52 Å². The average molecular weight is 412 g/mol. The van der Waals surface area contributed by atoms with Crippen molar-refractivity contribution in [2.45, 2.75) is 0 Å². The van der Waals surface area contributed by atoms with E-state index in [2.05, 4.69) is 4.90 Å². The molecule has 0 N–H and O–H groups in total. The second-order valence-electron chi connectivity index (χ2n) is 7.06. The van der Waals surface area contributed by atoms with Crippen LogP contribution in [0.4, 0.5) is 5.69 Å². The smallest absolute Gasteiger partial charge is 0.260 e. The number of piperazine rings is 1. The molecule has 0 saturated carbocycles. The number of rotatable bonds is 4. The van der Waals surface area contributed by atoms with E-state index < -0.39 is 0 Å². The van der Waals surface area contributed by atoms with Crippen LogP contribution in [0.1, 0.15) is 0 Å². The lowest BCUT2D eigenvalue weighted by Crippen LogP contribution is -2.50. The number of benzene rings is 2. The Morgan fingerprint density at radius 2 is 1.79 bits per heavy atom. The molecule has 6 nitrogen and oxygen atoms in total. The number of pyridine rings is 1. The van der Waals surface area contributed by atoms with Gasteiger partial charge in [-0.2, -0.15) is 0 Å². The highest BCUT2D eigenvalue weighted by atomic mass is 35.5. The predicted octanol–water partition coefficient (Wildman–Crippen LogP) is 2.92. The molecule has 1 amide bonds. The summed E-state index contributed by atoms with van der Waals surface area (Å²) in [5.41, 5.74) is 1.67. The molecule has 1 aliphatic rings. The highest BCUT2D eigenvalue weighted by Crippen LogP contribution is 2.23. The van der Waals surface area contributed by atoms with Crippen LogP contribution >= 0.6 is 11.6 Å². The zero-order valence-electron chi connectivity index (χ0n) is 16.2. The van der Waals surface area contributed by atoms with Crippen LogP contribution in [0.25, 0.3) is 10.9 Å². The molecule has 7 heteroatoms. The minimum absolute atomic E-state index is 0.0829. The van der Waals surface area contributed by atoms with Crippen molar-refractivity contribution < 1.29 is 9.53 Å². The fraction of sp³-hybridized carbons (Fsp3) is 0.273. The summed E-state index contributed by atoms with van der Waals surface area (Å²) < 4.78 is 7.33. The molecular formula is C22H22ClN3O3. The SMILES string of the molecule is Cn1c(=O)cc(OCC(=O)N2CCN(c3cccc(Cl)c3)CC2)c2ccccc21. The maximum absolute atomic E-state index is 12.6. The monoisotopic (exact) mass is 411 g/mol. The Morgan fingerprint density at radius 1 is 1.03 bits per heavy atom. The third-order valence-corrected chi connectivity index (χ3v) is 5.51. The van der Waals surface area contributed by atoms with Crippen molar-refractivity contribution in [1.82, 2.24) is 9.47 Å². The first-order valence-corrected chi connectivity index (χ1v) is 9.90. The lowest BCUT2D eigenvalue weighted by atomic mass is 10.2. The topological polar surface area (TPSA) is 54.8 Å². The number of fused-ring (bicyclic) bond motifs is 1. The van der Waals surface area contributed by atoms with Crippen molar-refractivity contribution in [3.05, 3.63) is 70.0 Å². The van der Waals surface area contributed by atoms with Gasteiger partial charge >= 0.3 is 0 Å². The number of carbonyl (C=O) groups excluding carboxylic acids is 1. The zero-order chi connectivity index (χ0) is 20.4. The van der Waals surface area contributed by atoms with Gasteiger partial charge in [0.1, 0.15) is 5.75 Å². The number of aromatic nitrogens is 1. The van der Waals surface area contributed by atoms with Gasteiger partial charge in [-0.1, -0.05) is 29.8 Å². The molecule has 4 rings (SSSR count). The molecule has 0 bridgehead atoms. The Hall–Kier alpha value is -2.99. The van der Waals surface area contributed by atoms with E-state index in [1.54, 1.807) is 16.5 Å². The Balaban J connectivity index is 1.40. The van der Waals surface area contributed by atoms with Gasteiger partial charge in [-0.15, -0.1) is 0 Å². The van der Waals surface area contributed by atoms with Crippen molar-refractivity contribution >= 4 is 34.1 Å². The Labute approximate surface area is 173 Å². The highest BCUT2D eigenvalue weighted by Gasteiger charge is 2.22.